The summed E-state index contributed by atoms with van der Waals surface area (Å²) >= 11 is 11.9. The van der Waals surface area contributed by atoms with Gasteiger partial charge in [-0.15, -0.1) is 5.10 Å². The second kappa shape index (κ2) is 4.95. The normalized spacial score (nSPS) is 10.8. The van der Waals surface area contributed by atoms with Gasteiger partial charge < -0.3 is 5.32 Å². The van der Waals surface area contributed by atoms with Crippen molar-refractivity contribution in [1.29, 1.82) is 0 Å². The molecule has 90 valence electrons. The van der Waals surface area contributed by atoms with Gasteiger partial charge in [-0.3, -0.25) is 0 Å². The maximum atomic E-state index is 13.1. The number of tetrazole rings is 1. The van der Waals surface area contributed by atoms with Crippen molar-refractivity contribution in [3.63, 3.8) is 0 Å². The molecule has 17 heavy (non-hydrogen) atoms. The molecule has 0 saturated heterocycles. The van der Waals surface area contributed by atoms with Crippen LogP contribution in [0, 0.1) is 5.82 Å². The van der Waals surface area contributed by atoms with Crippen molar-refractivity contribution in [1.82, 2.24) is 25.5 Å². The lowest BCUT2D eigenvalue weighted by atomic mass is 10.3. The van der Waals surface area contributed by atoms with Gasteiger partial charge in [-0.2, -0.15) is 4.68 Å². The molecule has 1 aromatic carbocycles. The van der Waals surface area contributed by atoms with Gasteiger partial charge in [-0.05, 0) is 29.6 Å². The van der Waals surface area contributed by atoms with Crippen LogP contribution < -0.4 is 5.32 Å². The number of benzene rings is 1. The molecule has 0 unspecified atom stereocenters. The highest BCUT2D eigenvalue weighted by Crippen LogP contribution is 2.29. The van der Waals surface area contributed by atoms with Crippen LogP contribution in [0.2, 0.25) is 10.0 Å². The Hall–Kier alpha value is -1.24. The molecule has 0 bridgehead atoms. The number of rotatable bonds is 3. The molecule has 0 aliphatic rings. The van der Waals surface area contributed by atoms with Gasteiger partial charge in [0.05, 0.1) is 16.6 Å². The molecule has 8 heteroatoms. The maximum Gasteiger partial charge on any atom is 0.170 e. The van der Waals surface area contributed by atoms with Gasteiger partial charge in [0.2, 0.25) is 0 Å². The lowest BCUT2D eigenvalue weighted by molar-refractivity contribution is 0.626. The molecule has 0 radical (unpaired) electrons. The molecule has 2 rings (SSSR count). The largest absolute Gasteiger partial charge is 0.313 e. The van der Waals surface area contributed by atoms with Crippen molar-refractivity contribution >= 4 is 23.2 Å². The molecule has 1 aromatic heterocycles. The Labute approximate surface area is 107 Å². The van der Waals surface area contributed by atoms with E-state index in [0.717, 1.165) is 12.1 Å². The standard InChI is InChI=1S/C9H8Cl2FN5/c1-13-4-8-14-15-16-17(8)9-6(10)2-5(12)3-7(9)11/h2-3,13H,4H2,1H3. The number of aromatic nitrogens is 4. The molecule has 0 fully saturated rings. The quantitative estimate of drug-likeness (QED) is 0.929. The zero-order chi connectivity index (χ0) is 12.4. The minimum Gasteiger partial charge on any atom is -0.313 e. The number of nitrogens with one attached hydrogen (secondary N) is 1. The Balaban J connectivity index is 2.56. The summed E-state index contributed by atoms with van der Waals surface area (Å²) in [5.41, 5.74) is 0.366. The molecule has 5 nitrogen and oxygen atoms in total. The van der Waals surface area contributed by atoms with Gasteiger partial charge in [0.25, 0.3) is 0 Å². The molecule has 0 aliphatic carbocycles. The lowest BCUT2D eigenvalue weighted by Gasteiger charge is -2.08. The van der Waals surface area contributed by atoms with Crippen molar-refractivity contribution < 1.29 is 4.39 Å². The van der Waals surface area contributed by atoms with Crippen LogP contribution in [0.25, 0.3) is 5.69 Å². The maximum absolute atomic E-state index is 13.1. The predicted octanol–water partition coefficient (Wildman–Crippen LogP) is 1.83. The highest BCUT2D eigenvalue weighted by molar-refractivity contribution is 6.37. The second-order valence-electron chi connectivity index (χ2n) is 3.26. The third kappa shape index (κ3) is 2.38. The first-order chi connectivity index (χ1) is 8.13. The Kier molecular flexibility index (Phi) is 3.56. The molecular formula is C9H8Cl2FN5. The van der Waals surface area contributed by atoms with Gasteiger partial charge in [-0.1, -0.05) is 23.2 Å². The molecule has 0 amide bonds. The molecular weight excluding hydrogens is 268 g/mol. The fourth-order valence-electron chi connectivity index (χ4n) is 1.38. The van der Waals surface area contributed by atoms with Crippen LogP contribution in [-0.4, -0.2) is 27.3 Å². The van der Waals surface area contributed by atoms with Crippen molar-refractivity contribution in [3.05, 3.63) is 33.8 Å². The number of hydrogen-bond donors (Lipinski definition) is 1. The highest BCUT2D eigenvalue weighted by atomic mass is 35.5. The summed E-state index contributed by atoms with van der Waals surface area (Å²) in [6.07, 6.45) is 0. The first kappa shape index (κ1) is 12.2. The summed E-state index contributed by atoms with van der Waals surface area (Å²) in [5, 5.41) is 14.3. The van der Waals surface area contributed by atoms with Gasteiger partial charge in [0, 0.05) is 0 Å². The topological polar surface area (TPSA) is 55.6 Å². The average molecular weight is 276 g/mol. The minimum absolute atomic E-state index is 0.152. The Bertz CT molecular complexity index is 519. The monoisotopic (exact) mass is 275 g/mol. The number of hydrogen-bond acceptors (Lipinski definition) is 4. The van der Waals surface area contributed by atoms with Crippen LogP contribution in [-0.2, 0) is 6.54 Å². The van der Waals surface area contributed by atoms with Crippen LogP contribution in [0.1, 0.15) is 5.82 Å². The molecule has 1 heterocycles. The van der Waals surface area contributed by atoms with E-state index in [0.29, 0.717) is 18.1 Å². The van der Waals surface area contributed by atoms with E-state index in [9.17, 15) is 4.39 Å². The van der Waals surface area contributed by atoms with Crippen molar-refractivity contribution in [2.45, 2.75) is 6.54 Å². The van der Waals surface area contributed by atoms with E-state index in [-0.39, 0.29) is 10.0 Å². The van der Waals surface area contributed by atoms with E-state index < -0.39 is 5.82 Å². The lowest BCUT2D eigenvalue weighted by Crippen LogP contribution is -2.12. The fraction of sp³-hybridized carbons (Fsp3) is 0.222. The molecule has 0 atom stereocenters. The predicted molar refractivity (Wildman–Crippen MR) is 61.9 cm³/mol. The van der Waals surface area contributed by atoms with Crippen LogP contribution in [0.5, 0.6) is 0 Å². The SMILES string of the molecule is CNCc1nnnn1-c1c(Cl)cc(F)cc1Cl. The van der Waals surface area contributed by atoms with Gasteiger partial charge >= 0.3 is 0 Å². The Morgan fingerprint density at radius 3 is 2.59 bits per heavy atom. The number of halogens is 3. The molecule has 0 aliphatic heterocycles. The van der Waals surface area contributed by atoms with Crippen molar-refractivity contribution in [2.75, 3.05) is 7.05 Å². The second-order valence-corrected chi connectivity index (χ2v) is 4.07. The Morgan fingerprint density at radius 2 is 2.00 bits per heavy atom. The first-order valence-electron chi connectivity index (χ1n) is 4.70. The van der Waals surface area contributed by atoms with Crippen LogP contribution in [0.4, 0.5) is 4.39 Å². The fourth-order valence-corrected chi connectivity index (χ4v) is 2.01. The van der Waals surface area contributed by atoms with Crippen LogP contribution in [0.3, 0.4) is 0 Å². The average Bonchev–Trinajstić information content (AvgIpc) is 2.65. The van der Waals surface area contributed by atoms with Gasteiger partial charge in [0.15, 0.2) is 5.82 Å². The van der Waals surface area contributed by atoms with E-state index in [4.69, 9.17) is 23.2 Å². The summed E-state index contributed by atoms with van der Waals surface area (Å²) in [4.78, 5) is 0. The first-order valence-corrected chi connectivity index (χ1v) is 5.46. The summed E-state index contributed by atoms with van der Waals surface area (Å²) in [7, 11) is 1.76. The van der Waals surface area contributed by atoms with Gasteiger partial charge in [-0.25, -0.2) is 4.39 Å². The van der Waals surface area contributed by atoms with E-state index >= 15 is 0 Å². The van der Waals surface area contributed by atoms with Gasteiger partial charge in [0.1, 0.15) is 11.5 Å². The van der Waals surface area contributed by atoms with E-state index in [2.05, 4.69) is 20.8 Å². The Morgan fingerprint density at radius 1 is 1.35 bits per heavy atom. The summed E-state index contributed by atoms with van der Waals surface area (Å²) in [6.45, 7) is 0.442. The smallest absolute Gasteiger partial charge is 0.170 e. The van der Waals surface area contributed by atoms with Crippen LogP contribution >= 0.6 is 23.2 Å². The summed E-state index contributed by atoms with van der Waals surface area (Å²) < 4.78 is 14.4. The number of nitrogens with zero attached hydrogens (tertiary/aromatic N) is 4. The van der Waals surface area contributed by atoms with E-state index in [1.54, 1.807) is 7.05 Å². The third-order valence-corrected chi connectivity index (χ3v) is 2.64. The van der Waals surface area contributed by atoms with Crippen molar-refractivity contribution in [3.8, 4) is 5.69 Å². The highest BCUT2D eigenvalue weighted by Gasteiger charge is 2.15. The molecule has 0 spiro atoms. The van der Waals surface area contributed by atoms with Crippen molar-refractivity contribution in [2.24, 2.45) is 0 Å². The molecule has 1 N–H and O–H groups in total. The molecule has 2 aromatic rings. The summed E-state index contributed by atoms with van der Waals surface area (Å²) in [5.74, 6) is 0.0231. The third-order valence-electron chi connectivity index (χ3n) is 2.06. The minimum atomic E-state index is -0.507. The molecule has 0 saturated carbocycles. The summed E-state index contributed by atoms with van der Waals surface area (Å²) in [6, 6.07) is 2.32. The van der Waals surface area contributed by atoms with E-state index in [1.165, 1.54) is 4.68 Å². The van der Waals surface area contributed by atoms with Crippen LogP contribution in [0.15, 0.2) is 12.1 Å². The zero-order valence-corrected chi connectivity index (χ0v) is 10.3. The van der Waals surface area contributed by atoms with E-state index in [1.807, 2.05) is 0 Å². The zero-order valence-electron chi connectivity index (χ0n) is 8.78.